The molecule has 0 spiro atoms. The number of hydrogen-bond donors (Lipinski definition) is 3. The van der Waals surface area contributed by atoms with Crippen molar-refractivity contribution in [2.75, 3.05) is 38.1 Å². The number of hydrogen-bond acceptors (Lipinski definition) is 8. The lowest BCUT2D eigenvalue weighted by molar-refractivity contribution is 0.0904. The zero-order valence-corrected chi connectivity index (χ0v) is 18.5. The molecule has 1 aliphatic heterocycles. The van der Waals surface area contributed by atoms with Crippen LogP contribution in [-0.4, -0.2) is 53.6 Å². The van der Waals surface area contributed by atoms with E-state index in [4.69, 9.17) is 19.2 Å². The molecule has 0 unspecified atom stereocenters. The topological polar surface area (TPSA) is 106 Å². The fourth-order valence-corrected chi connectivity index (χ4v) is 3.44. The van der Waals surface area contributed by atoms with Crippen molar-refractivity contribution < 1.29 is 14.2 Å². The fourth-order valence-electron chi connectivity index (χ4n) is 3.44. The number of nitrogens with zero attached hydrogens (tertiary/aromatic N) is 3. The lowest BCUT2D eigenvalue weighted by atomic mass is 10.1. The van der Waals surface area contributed by atoms with Crippen molar-refractivity contribution in [2.24, 2.45) is 0 Å². The van der Waals surface area contributed by atoms with Crippen LogP contribution in [0.4, 0.5) is 17.5 Å². The van der Waals surface area contributed by atoms with Crippen LogP contribution in [0.5, 0.6) is 11.5 Å². The smallest absolute Gasteiger partial charge is 0.156 e. The Morgan fingerprint density at radius 2 is 1.66 bits per heavy atom. The van der Waals surface area contributed by atoms with Crippen LogP contribution in [0, 0.1) is 6.92 Å². The van der Waals surface area contributed by atoms with Gasteiger partial charge in [-0.1, -0.05) is 6.08 Å². The quantitative estimate of drug-likeness (QED) is 0.486. The van der Waals surface area contributed by atoms with Crippen LogP contribution >= 0.6 is 0 Å². The molecule has 1 fully saturated rings. The van der Waals surface area contributed by atoms with Crippen LogP contribution < -0.4 is 20.1 Å². The van der Waals surface area contributed by atoms with E-state index in [1.54, 1.807) is 14.2 Å². The van der Waals surface area contributed by atoms with Crippen LogP contribution in [0.15, 0.2) is 30.3 Å². The lowest BCUT2D eigenvalue weighted by Crippen LogP contribution is -2.28. The average Bonchev–Trinajstić information content (AvgIpc) is 3.22. The van der Waals surface area contributed by atoms with Gasteiger partial charge in [-0.15, -0.1) is 0 Å². The van der Waals surface area contributed by atoms with E-state index in [1.165, 1.54) is 0 Å². The summed E-state index contributed by atoms with van der Waals surface area (Å²) in [5.74, 6) is 4.12. The molecule has 1 aliphatic rings. The molecule has 1 saturated heterocycles. The Labute approximate surface area is 187 Å². The molecule has 0 saturated carbocycles. The second-order valence-corrected chi connectivity index (χ2v) is 7.57. The Morgan fingerprint density at radius 3 is 2.31 bits per heavy atom. The Bertz CT molecular complexity index is 1050. The van der Waals surface area contributed by atoms with Gasteiger partial charge in [0.1, 0.15) is 23.1 Å². The highest BCUT2D eigenvalue weighted by Gasteiger charge is 2.15. The second kappa shape index (κ2) is 10.1. The van der Waals surface area contributed by atoms with E-state index < -0.39 is 0 Å². The third-order valence-corrected chi connectivity index (χ3v) is 5.08. The number of ether oxygens (including phenoxy) is 3. The molecule has 168 valence electrons. The average molecular weight is 437 g/mol. The number of benzene rings is 1. The SMILES string of the molecule is COc1cc(/C=C/c2nc(Nc3cc(C)[nH]n3)cc(NC3CCOCC3)n2)cc(OC)c1. The maximum Gasteiger partial charge on any atom is 0.156 e. The summed E-state index contributed by atoms with van der Waals surface area (Å²) in [5, 5.41) is 13.9. The van der Waals surface area contributed by atoms with Gasteiger partial charge < -0.3 is 24.8 Å². The summed E-state index contributed by atoms with van der Waals surface area (Å²) in [5.41, 5.74) is 1.89. The van der Waals surface area contributed by atoms with E-state index in [-0.39, 0.29) is 0 Å². The molecule has 32 heavy (non-hydrogen) atoms. The van der Waals surface area contributed by atoms with Gasteiger partial charge in [-0.05, 0) is 43.5 Å². The molecule has 3 N–H and O–H groups in total. The number of anilines is 3. The van der Waals surface area contributed by atoms with Crippen LogP contribution in [0.3, 0.4) is 0 Å². The lowest BCUT2D eigenvalue weighted by Gasteiger charge is -2.23. The van der Waals surface area contributed by atoms with E-state index in [0.29, 0.717) is 23.5 Å². The molecule has 0 radical (unpaired) electrons. The van der Waals surface area contributed by atoms with Gasteiger partial charge in [-0.3, -0.25) is 5.10 Å². The van der Waals surface area contributed by atoms with Crippen molar-refractivity contribution >= 4 is 29.6 Å². The summed E-state index contributed by atoms with van der Waals surface area (Å²) >= 11 is 0. The van der Waals surface area contributed by atoms with Gasteiger partial charge in [0.25, 0.3) is 0 Å². The number of aromatic amines is 1. The summed E-state index contributed by atoms with van der Waals surface area (Å²) in [6.45, 7) is 3.46. The number of H-pyrrole nitrogens is 1. The predicted octanol–water partition coefficient (Wildman–Crippen LogP) is 4.03. The second-order valence-electron chi connectivity index (χ2n) is 7.57. The molecular formula is C23H28N6O3. The van der Waals surface area contributed by atoms with Crippen molar-refractivity contribution in [1.82, 2.24) is 20.2 Å². The van der Waals surface area contributed by atoms with Gasteiger partial charge in [-0.25, -0.2) is 9.97 Å². The first kappa shape index (κ1) is 21.6. The van der Waals surface area contributed by atoms with Gasteiger partial charge in [0.2, 0.25) is 0 Å². The van der Waals surface area contributed by atoms with E-state index in [1.807, 2.05) is 49.4 Å². The molecular weight excluding hydrogens is 408 g/mol. The monoisotopic (exact) mass is 436 g/mol. The number of aromatic nitrogens is 4. The van der Waals surface area contributed by atoms with Crippen molar-refractivity contribution in [3.8, 4) is 11.5 Å². The van der Waals surface area contributed by atoms with Crippen LogP contribution in [-0.2, 0) is 4.74 Å². The minimum atomic E-state index is 0.318. The molecule has 4 rings (SSSR count). The van der Waals surface area contributed by atoms with E-state index in [2.05, 4.69) is 25.8 Å². The first-order chi connectivity index (χ1) is 15.6. The zero-order valence-electron chi connectivity index (χ0n) is 18.5. The molecule has 0 bridgehead atoms. The van der Waals surface area contributed by atoms with E-state index in [9.17, 15) is 0 Å². The molecule has 9 nitrogen and oxygen atoms in total. The highest BCUT2D eigenvalue weighted by atomic mass is 16.5. The van der Waals surface area contributed by atoms with Gasteiger partial charge in [0.05, 0.1) is 14.2 Å². The summed E-state index contributed by atoms with van der Waals surface area (Å²) in [4.78, 5) is 9.34. The Kier molecular flexibility index (Phi) is 6.86. The normalized spacial score (nSPS) is 14.5. The first-order valence-electron chi connectivity index (χ1n) is 10.5. The molecule has 0 atom stereocenters. The van der Waals surface area contributed by atoms with Gasteiger partial charge in [-0.2, -0.15) is 5.10 Å². The molecule has 9 heteroatoms. The number of methoxy groups -OCH3 is 2. The highest BCUT2D eigenvalue weighted by Crippen LogP contribution is 2.24. The third kappa shape index (κ3) is 5.76. The number of aryl methyl sites for hydroxylation is 1. The van der Waals surface area contributed by atoms with Crippen LogP contribution in [0.25, 0.3) is 12.2 Å². The maximum absolute atomic E-state index is 5.46. The van der Waals surface area contributed by atoms with Crippen LogP contribution in [0.1, 0.15) is 29.9 Å². The van der Waals surface area contributed by atoms with Crippen molar-refractivity contribution in [3.05, 3.63) is 47.4 Å². The molecule has 3 heterocycles. The summed E-state index contributed by atoms with van der Waals surface area (Å²) < 4.78 is 16.2. The first-order valence-corrected chi connectivity index (χ1v) is 10.5. The molecule has 1 aromatic carbocycles. The minimum Gasteiger partial charge on any atom is -0.497 e. The highest BCUT2D eigenvalue weighted by molar-refractivity contribution is 5.70. The Balaban J connectivity index is 1.61. The number of rotatable bonds is 8. The van der Waals surface area contributed by atoms with E-state index >= 15 is 0 Å². The minimum absolute atomic E-state index is 0.318. The molecule has 2 aromatic heterocycles. The van der Waals surface area contributed by atoms with Crippen molar-refractivity contribution in [3.63, 3.8) is 0 Å². The summed E-state index contributed by atoms with van der Waals surface area (Å²) in [6.07, 6.45) is 5.69. The standard InChI is InChI=1S/C23H28N6O3/c1-15-10-23(29-28-15)27-22-14-21(24-17-6-8-32-9-7-17)25-20(26-22)5-4-16-11-18(30-2)13-19(12-16)31-3/h4-5,10-14,17H,6-9H2,1-3H3,(H3,24,25,26,27,28,29)/b5-4+. The fraction of sp³-hybridized carbons (Fsp3) is 0.348. The van der Waals surface area contributed by atoms with E-state index in [0.717, 1.165) is 54.6 Å². The number of nitrogens with one attached hydrogen (secondary N) is 3. The van der Waals surface area contributed by atoms with Crippen LogP contribution in [0.2, 0.25) is 0 Å². The Hall–Kier alpha value is -3.59. The summed E-state index contributed by atoms with van der Waals surface area (Å²) in [7, 11) is 3.26. The molecule has 0 aliphatic carbocycles. The molecule has 0 amide bonds. The largest absolute Gasteiger partial charge is 0.497 e. The Morgan fingerprint density at radius 1 is 0.938 bits per heavy atom. The molecule has 3 aromatic rings. The third-order valence-electron chi connectivity index (χ3n) is 5.08. The van der Waals surface area contributed by atoms with Gasteiger partial charge in [0, 0.05) is 43.1 Å². The van der Waals surface area contributed by atoms with Crippen molar-refractivity contribution in [2.45, 2.75) is 25.8 Å². The predicted molar refractivity (Wildman–Crippen MR) is 125 cm³/mol. The van der Waals surface area contributed by atoms with Gasteiger partial charge >= 0.3 is 0 Å². The summed E-state index contributed by atoms with van der Waals surface area (Å²) in [6, 6.07) is 9.82. The maximum atomic E-state index is 5.46. The van der Waals surface area contributed by atoms with Crippen molar-refractivity contribution in [1.29, 1.82) is 0 Å². The zero-order chi connectivity index (χ0) is 22.3. The van der Waals surface area contributed by atoms with Gasteiger partial charge in [0.15, 0.2) is 11.6 Å².